The lowest BCUT2D eigenvalue weighted by atomic mass is 10.1. The summed E-state index contributed by atoms with van der Waals surface area (Å²) >= 11 is 0.0321. The van der Waals surface area contributed by atoms with Crippen LogP contribution in [0.15, 0.2) is 34.4 Å². The predicted molar refractivity (Wildman–Crippen MR) is 78.9 cm³/mol. The molecular formula is C15H7F9N2O2S. The van der Waals surface area contributed by atoms with Crippen LogP contribution in [0.1, 0.15) is 27.2 Å². The summed E-state index contributed by atoms with van der Waals surface area (Å²) in [5.41, 5.74) is -6.12. The summed E-state index contributed by atoms with van der Waals surface area (Å²) in [7, 11) is 0.798. The van der Waals surface area contributed by atoms with Crippen molar-refractivity contribution in [3.05, 3.63) is 46.8 Å². The molecule has 2 rings (SSSR count). The molecule has 0 N–H and O–H groups in total. The molecule has 158 valence electrons. The van der Waals surface area contributed by atoms with E-state index in [4.69, 9.17) is 0 Å². The number of methoxy groups -OCH3 is 1. The highest BCUT2D eigenvalue weighted by atomic mass is 32.2. The van der Waals surface area contributed by atoms with Gasteiger partial charge in [-0.2, -0.15) is 39.5 Å². The van der Waals surface area contributed by atoms with Crippen molar-refractivity contribution in [2.24, 2.45) is 0 Å². The van der Waals surface area contributed by atoms with Crippen molar-refractivity contribution in [3.63, 3.8) is 0 Å². The molecule has 0 atom stereocenters. The normalized spacial score (nSPS) is 12.8. The van der Waals surface area contributed by atoms with Gasteiger partial charge in [-0.05, 0) is 30.0 Å². The van der Waals surface area contributed by atoms with E-state index in [1.807, 2.05) is 0 Å². The van der Waals surface area contributed by atoms with Crippen LogP contribution in [0.5, 0.6) is 0 Å². The Morgan fingerprint density at radius 2 is 1.41 bits per heavy atom. The Balaban J connectivity index is 2.55. The summed E-state index contributed by atoms with van der Waals surface area (Å²) < 4.78 is 121. The maximum atomic E-state index is 13.1. The SMILES string of the molecule is COC(=O)c1cnc(Sc2cc(C(F)(F)F)cc(C(F)(F)F)c2)nc1C(F)(F)F. The molecule has 2 aromatic rings. The van der Waals surface area contributed by atoms with Gasteiger partial charge in [0.05, 0.1) is 18.2 Å². The largest absolute Gasteiger partial charge is 0.465 e. The molecule has 0 radical (unpaired) electrons. The summed E-state index contributed by atoms with van der Waals surface area (Å²) in [6, 6.07) is 0.488. The second-order valence-corrected chi connectivity index (χ2v) is 6.29. The molecule has 14 heteroatoms. The molecular weight excluding hydrogens is 443 g/mol. The highest BCUT2D eigenvalue weighted by Crippen LogP contribution is 2.40. The Morgan fingerprint density at radius 1 is 0.897 bits per heavy atom. The lowest BCUT2D eigenvalue weighted by Gasteiger charge is -2.14. The summed E-state index contributed by atoms with van der Waals surface area (Å²) in [4.78, 5) is 17.1. The van der Waals surface area contributed by atoms with Gasteiger partial charge in [-0.3, -0.25) is 0 Å². The molecule has 0 aliphatic carbocycles. The Morgan fingerprint density at radius 3 is 1.83 bits per heavy atom. The van der Waals surface area contributed by atoms with E-state index in [-0.39, 0.29) is 17.8 Å². The van der Waals surface area contributed by atoms with Gasteiger partial charge < -0.3 is 4.74 Å². The Kier molecular flexibility index (Phi) is 6.07. The van der Waals surface area contributed by atoms with Crippen LogP contribution >= 0.6 is 11.8 Å². The van der Waals surface area contributed by atoms with E-state index in [1.54, 1.807) is 0 Å². The summed E-state index contributed by atoms with van der Waals surface area (Å²) in [5.74, 6) is -1.42. The molecule has 0 bridgehead atoms. The highest BCUT2D eigenvalue weighted by Gasteiger charge is 2.39. The fourth-order valence-corrected chi connectivity index (χ4v) is 2.81. The number of hydrogen-bond acceptors (Lipinski definition) is 5. The second kappa shape index (κ2) is 7.72. The first kappa shape index (κ1) is 22.8. The quantitative estimate of drug-likeness (QED) is 0.353. The van der Waals surface area contributed by atoms with E-state index < -0.39 is 56.9 Å². The molecule has 29 heavy (non-hydrogen) atoms. The van der Waals surface area contributed by atoms with Crippen molar-refractivity contribution in [2.75, 3.05) is 7.11 Å². The minimum atomic E-state index is -5.16. The topological polar surface area (TPSA) is 52.1 Å². The number of rotatable bonds is 3. The van der Waals surface area contributed by atoms with E-state index in [0.29, 0.717) is 18.3 Å². The zero-order valence-corrected chi connectivity index (χ0v) is 14.6. The predicted octanol–water partition coefficient (Wildman–Crippen LogP) is 5.47. The smallest absolute Gasteiger partial charge is 0.434 e. The van der Waals surface area contributed by atoms with Crippen molar-refractivity contribution >= 4 is 17.7 Å². The number of carbonyl (C=O) groups excluding carboxylic acids is 1. The molecule has 1 heterocycles. The molecule has 1 aromatic heterocycles. The number of alkyl halides is 9. The number of nitrogens with zero attached hydrogens (tertiary/aromatic N) is 2. The maximum absolute atomic E-state index is 13.1. The van der Waals surface area contributed by atoms with Crippen molar-refractivity contribution in [1.82, 2.24) is 9.97 Å². The highest BCUT2D eigenvalue weighted by molar-refractivity contribution is 7.99. The Hall–Kier alpha value is -2.51. The van der Waals surface area contributed by atoms with Crippen LogP contribution < -0.4 is 0 Å². The van der Waals surface area contributed by atoms with E-state index in [2.05, 4.69) is 14.7 Å². The number of hydrogen-bond donors (Lipinski definition) is 0. The first-order chi connectivity index (χ1) is 13.1. The van der Waals surface area contributed by atoms with E-state index in [0.717, 1.165) is 7.11 Å². The third kappa shape index (κ3) is 5.52. The van der Waals surface area contributed by atoms with Crippen molar-refractivity contribution < 1.29 is 49.0 Å². The Labute approximate surface area is 160 Å². The molecule has 0 unspecified atom stereocenters. The van der Waals surface area contributed by atoms with Gasteiger partial charge in [0, 0.05) is 11.1 Å². The van der Waals surface area contributed by atoms with Gasteiger partial charge in [-0.1, -0.05) is 0 Å². The fourth-order valence-electron chi connectivity index (χ4n) is 1.98. The maximum Gasteiger partial charge on any atom is 0.434 e. The van der Waals surface area contributed by atoms with Crippen LogP contribution in [0.3, 0.4) is 0 Å². The molecule has 4 nitrogen and oxygen atoms in total. The average molecular weight is 450 g/mol. The third-order valence-corrected chi connectivity index (χ3v) is 4.06. The standard InChI is InChI=1S/C15H7F9N2O2S/c1-28-11(27)9-5-25-12(26-10(9)15(22,23)24)29-8-3-6(13(16,17)18)2-7(4-8)14(19,20)21/h2-5H,1H3. The summed E-state index contributed by atoms with van der Waals surface area (Å²) in [6.07, 6.45) is -15.0. The number of esters is 1. The van der Waals surface area contributed by atoms with Crippen LogP contribution in [0.4, 0.5) is 39.5 Å². The minimum absolute atomic E-state index is 0.0321. The van der Waals surface area contributed by atoms with E-state index in [1.165, 1.54) is 0 Å². The first-order valence-electron chi connectivity index (χ1n) is 7.13. The van der Waals surface area contributed by atoms with Gasteiger partial charge in [0.15, 0.2) is 10.9 Å². The van der Waals surface area contributed by atoms with Crippen LogP contribution in [0, 0.1) is 0 Å². The molecule has 0 fully saturated rings. The number of halogens is 9. The zero-order valence-electron chi connectivity index (χ0n) is 13.8. The van der Waals surface area contributed by atoms with Crippen molar-refractivity contribution in [2.45, 2.75) is 28.6 Å². The van der Waals surface area contributed by atoms with E-state index >= 15 is 0 Å². The van der Waals surface area contributed by atoms with Crippen LogP contribution in [-0.2, 0) is 23.3 Å². The summed E-state index contributed by atoms with van der Waals surface area (Å²) in [6.45, 7) is 0. The summed E-state index contributed by atoms with van der Waals surface area (Å²) in [5, 5.41) is -0.822. The van der Waals surface area contributed by atoms with Gasteiger partial charge in [0.25, 0.3) is 0 Å². The Bertz CT molecular complexity index is 891. The number of aromatic nitrogens is 2. The molecule has 0 amide bonds. The number of benzene rings is 1. The molecule has 0 saturated carbocycles. The zero-order chi connectivity index (χ0) is 22.2. The molecule has 0 spiro atoms. The van der Waals surface area contributed by atoms with Crippen molar-refractivity contribution in [3.8, 4) is 0 Å². The van der Waals surface area contributed by atoms with Gasteiger partial charge in [0.2, 0.25) is 0 Å². The van der Waals surface area contributed by atoms with Crippen molar-refractivity contribution in [1.29, 1.82) is 0 Å². The molecule has 1 aromatic carbocycles. The lowest BCUT2D eigenvalue weighted by molar-refractivity contribution is -0.143. The van der Waals surface area contributed by atoms with Gasteiger partial charge in [0.1, 0.15) is 5.56 Å². The van der Waals surface area contributed by atoms with E-state index in [9.17, 15) is 44.3 Å². The fraction of sp³-hybridized carbons (Fsp3) is 0.267. The van der Waals surface area contributed by atoms with Crippen LogP contribution in [-0.4, -0.2) is 23.0 Å². The average Bonchev–Trinajstić information content (AvgIpc) is 2.58. The monoisotopic (exact) mass is 450 g/mol. The lowest BCUT2D eigenvalue weighted by Crippen LogP contribution is -2.17. The number of carbonyl (C=O) groups is 1. The van der Waals surface area contributed by atoms with Gasteiger partial charge in [-0.15, -0.1) is 0 Å². The second-order valence-electron chi connectivity index (χ2n) is 5.25. The third-order valence-electron chi connectivity index (χ3n) is 3.21. The molecule has 0 aliphatic rings. The van der Waals surface area contributed by atoms with Crippen LogP contribution in [0.25, 0.3) is 0 Å². The minimum Gasteiger partial charge on any atom is -0.465 e. The van der Waals surface area contributed by atoms with Gasteiger partial charge in [-0.25, -0.2) is 14.8 Å². The van der Waals surface area contributed by atoms with Crippen LogP contribution in [0.2, 0.25) is 0 Å². The molecule has 0 aliphatic heterocycles. The number of ether oxygens (including phenoxy) is 1. The van der Waals surface area contributed by atoms with Gasteiger partial charge >= 0.3 is 24.5 Å². The molecule has 0 saturated heterocycles. The first-order valence-corrected chi connectivity index (χ1v) is 7.94.